The first-order valence-electron chi connectivity index (χ1n) is 31.6. The van der Waals surface area contributed by atoms with E-state index in [1.807, 2.05) is 60.7 Å². The molecule has 2 aromatic carbocycles. The van der Waals surface area contributed by atoms with E-state index in [2.05, 4.69) is 105 Å². The molecular formula is C67H87BrN14O8. The molecule has 480 valence electrons. The van der Waals surface area contributed by atoms with Crippen LogP contribution in [-0.2, 0) is 67.4 Å². The van der Waals surface area contributed by atoms with Crippen LogP contribution in [0.3, 0.4) is 0 Å². The lowest BCUT2D eigenvalue weighted by Crippen LogP contribution is -2.50. The molecule has 3 saturated heterocycles. The molecular weight excluding hydrogens is 1210 g/mol. The van der Waals surface area contributed by atoms with Crippen LogP contribution < -0.4 is 36.8 Å². The number of alkyl carbamates (subject to hydrolysis) is 1. The third kappa shape index (κ3) is 17.4. The molecule has 0 unspecified atom stereocenters. The van der Waals surface area contributed by atoms with Crippen molar-refractivity contribution < 1.29 is 38.1 Å². The van der Waals surface area contributed by atoms with Crippen molar-refractivity contribution in [1.29, 1.82) is 0 Å². The number of hydrogen-bond acceptors (Lipinski definition) is 20. The van der Waals surface area contributed by atoms with E-state index >= 15 is 0 Å². The second-order valence-corrected chi connectivity index (χ2v) is 25.2. The number of nitrogens with one attached hydrogen (secondary N) is 4. The van der Waals surface area contributed by atoms with E-state index < -0.39 is 47.5 Å². The summed E-state index contributed by atoms with van der Waals surface area (Å²) in [5.74, 6) is 4.68. The van der Waals surface area contributed by atoms with Crippen LogP contribution in [0.4, 0.5) is 38.7 Å². The molecule has 4 aromatic heterocycles. The second-order valence-electron chi connectivity index (χ2n) is 24.5. The lowest BCUT2D eigenvalue weighted by Gasteiger charge is -2.34. The number of anilines is 5. The number of fused-ring (bicyclic) bond motifs is 2. The van der Waals surface area contributed by atoms with Crippen molar-refractivity contribution in [1.82, 2.24) is 40.1 Å². The monoisotopic (exact) mass is 1290 g/mol. The minimum Gasteiger partial charge on any atom is -0.458 e. The van der Waals surface area contributed by atoms with E-state index in [0.717, 1.165) is 141 Å². The summed E-state index contributed by atoms with van der Waals surface area (Å²) in [5, 5.41) is 12.6. The van der Waals surface area contributed by atoms with Gasteiger partial charge in [0.25, 0.3) is 0 Å². The first kappa shape index (κ1) is 66.2. The first-order chi connectivity index (χ1) is 43.4. The van der Waals surface area contributed by atoms with Gasteiger partial charge in [0.05, 0.1) is 0 Å². The van der Waals surface area contributed by atoms with Gasteiger partial charge in [0, 0.05) is 86.7 Å². The number of esters is 2. The Bertz CT molecular complexity index is 3380. The zero-order valence-corrected chi connectivity index (χ0v) is 54.5. The number of carbonyl (C=O) groups is 4. The van der Waals surface area contributed by atoms with Crippen LogP contribution in [0.1, 0.15) is 144 Å². The molecule has 6 aromatic rings. The summed E-state index contributed by atoms with van der Waals surface area (Å²) in [4.78, 5) is 83.6. The van der Waals surface area contributed by atoms with Gasteiger partial charge in [-0.05, 0) is 149 Å². The largest absolute Gasteiger partial charge is 0.458 e. The van der Waals surface area contributed by atoms with E-state index in [1.54, 1.807) is 47.3 Å². The van der Waals surface area contributed by atoms with Crippen molar-refractivity contribution in [3.05, 3.63) is 147 Å². The molecule has 5 aliphatic heterocycles. The maximum atomic E-state index is 13.2. The van der Waals surface area contributed by atoms with Gasteiger partial charge in [0.15, 0.2) is 11.8 Å². The van der Waals surface area contributed by atoms with Gasteiger partial charge in [0.1, 0.15) is 71.2 Å². The van der Waals surface area contributed by atoms with E-state index in [9.17, 15) is 19.2 Å². The molecule has 2 amide bonds. The standard InChI is InChI=1S/C33H41N7O4.C19H24BrN5.C15H22N2O4/c1-4-25-29(35-19-27-31(41)44-33(2,3)40(27)32(42)43-20-22-9-6-5-7-10-22)36-21-37-30(25)39-17-14-23(15-18-39)26-13-12-24-11-8-16-34-28(24)38-26;1-2-15-17(20)22-12-23-19(15)25-10-7-13(8-11-25)16-6-5-14-4-3-9-21-18(14)24-16;1-15(2,3)21-13(18)12(9-16)17-14(19)20-10-11-7-5-4-6-8-11/h5-7,9-10,12-13,21,23,27H,4,8,11,14-20H2,1-3H3,(H,34,38)(H,35,36,37);5-6,12-13H,2-4,7-11H2,1H3,(H,21,24);4-8,12H,9-10,16H2,1-3H3,(H,17,19)/t27-;;12-/m1.1/s1. The number of nitrogens with zero attached hydrogens (tertiary/aromatic N) is 9. The van der Waals surface area contributed by atoms with Gasteiger partial charge in [-0.2, -0.15) is 0 Å². The summed E-state index contributed by atoms with van der Waals surface area (Å²) < 4.78 is 22.3. The van der Waals surface area contributed by atoms with Gasteiger partial charge in [-0.25, -0.2) is 49.1 Å². The van der Waals surface area contributed by atoms with Crippen molar-refractivity contribution in [2.75, 3.05) is 78.1 Å². The highest BCUT2D eigenvalue weighted by atomic mass is 79.9. The number of hydrogen-bond donors (Lipinski definition) is 5. The molecule has 0 spiro atoms. The number of carbonyl (C=O) groups excluding carboxylic acids is 4. The summed E-state index contributed by atoms with van der Waals surface area (Å²) in [7, 11) is 0. The minimum absolute atomic E-state index is 0.0602. The molecule has 22 nitrogen and oxygen atoms in total. The van der Waals surface area contributed by atoms with Crippen LogP contribution in [0.25, 0.3) is 0 Å². The van der Waals surface area contributed by atoms with E-state index in [0.29, 0.717) is 24.1 Å². The number of nitrogens with two attached hydrogens (primary N) is 1. The zero-order valence-electron chi connectivity index (χ0n) is 52.9. The molecule has 5 aliphatic rings. The average molecular weight is 1300 g/mol. The van der Waals surface area contributed by atoms with Gasteiger partial charge in [-0.15, -0.1) is 0 Å². The third-order valence-electron chi connectivity index (χ3n) is 16.6. The quantitative estimate of drug-likeness (QED) is 0.0342. The summed E-state index contributed by atoms with van der Waals surface area (Å²) in [6.07, 6.45) is 12.4. The smallest absolute Gasteiger partial charge is 0.414 e. The summed E-state index contributed by atoms with van der Waals surface area (Å²) in [6, 6.07) is 25.8. The van der Waals surface area contributed by atoms with Crippen LogP contribution in [0.2, 0.25) is 0 Å². The molecule has 0 radical (unpaired) electrons. The fourth-order valence-corrected chi connectivity index (χ4v) is 12.4. The number of piperidine rings is 2. The van der Waals surface area contributed by atoms with Gasteiger partial charge in [-0.1, -0.05) is 86.6 Å². The molecule has 3 fully saturated rings. The van der Waals surface area contributed by atoms with Crippen LogP contribution in [0.15, 0.2) is 102 Å². The van der Waals surface area contributed by atoms with Gasteiger partial charge in [0.2, 0.25) is 0 Å². The lowest BCUT2D eigenvalue weighted by atomic mass is 9.92. The van der Waals surface area contributed by atoms with Gasteiger partial charge >= 0.3 is 24.1 Å². The Labute approximate surface area is 536 Å². The Morgan fingerprint density at radius 1 is 0.722 bits per heavy atom. The second kappa shape index (κ2) is 31.0. The summed E-state index contributed by atoms with van der Waals surface area (Å²) in [5.41, 5.74) is 12.7. The molecule has 11 rings (SSSR count). The maximum Gasteiger partial charge on any atom is 0.414 e. The number of pyridine rings is 2. The zero-order chi connectivity index (χ0) is 63.8. The Balaban J connectivity index is 0.000000176. The molecule has 2 atom stereocenters. The van der Waals surface area contributed by atoms with Crippen LogP contribution in [-0.4, -0.2) is 135 Å². The first-order valence-corrected chi connectivity index (χ1v) is 32.4. The molecule has 23 heteroatoms. The highest BCUT2D eigenvalue weighted by Crippen LogP contribution is 2.37. The molecule has 9 heterocycles. The topological polar surface area (TPSA) is 266 Å². The predicted molar refractivity (Wildman–Crippen MR) is 350 cm³/mol. The van der Waals surface area contributed by atoms with Crippen molar-refractivity contribution in [3.63, 3.8) is 0 Å². The van der Waals surface area contributed by atoms with Crippen molar-refractivity contribution in [3.8, 4) is 0 Å². The van der Waals surface area contributed by atoms with Gasteiger partial charge in [-0.3, -0.25) is 4.90 Å². The number of aromatic nitrogens is 6. The summed E-state index contributed by atoms with van der Waals surface area (Å²) >= 11 is 3.56. The number of halogens is 1. The van der Waals surface area contributed by atoms with Gasteiger partial charge < -0.3 is 55.7 Å². The Morgan fingerprint density at radius 2 is 1.23 bits per heavy atom. The SMILES string of the molecule is CC(C)(C)OC(=O)[C@@H](CN)NC(=O)OCc1ccccc1.CCc1c(Br)ncnc1N1CCC(c2ccc3c(n2)NCCC3)CC1.CCc1c(NC[C@@H]2C(=O)OC(C)(C)N2C(=O)OCc2ccccc2)ncnc1N1CCC(c2ccc3c(n2)NCCC3)CC1. The van der Waals surface area contributed by atoms with E-state index in [1.165, 1.54) is 33.7 Å². The highest BCUT2D eigenvalue weighted by molar-refractivity contribution is 9.10. The number of amides is 2. The lowest BCUT2D eigenvalue weighted by molar-refractivity contribution is -0.157. The van der Waals surface area contributed by atoms with E-state index in [4.69, 9.17) is 34.6 Å². The number of benzene rings is 2. The highest BCUT2D eigenvalue weighted by Gasteiger charge is 2.51. The van der Waals surface area contributed by atoms with Crippen molar-refractivity contribution in [2.24, 2.45) is 5.73 Å². The average Bonchev–Trinajstić information content (AvgIpc) is 1.59. The predicted octanol–water partition coefficient (Wildman–Crippen LogP) is 10.4. The Morgan fingerprint density at radius 3 is 1.74 bits per heavy atom. The maximum absolute atomic E-state index is 13.2. The Kier molecular flexibility index (Phi) is 22.8. The van der Waals surface area contributed by atoms with Crippen LogP contribution >= 0.6 is 15.9 Å². The number of ether oxygens (including phenoxy) is 4. The molecule has 0 bridgehead atoms. The van der Waals surface area contributed by atoms with Crippen LogP contribution in [0.5, 0.6) is 0 Å². The molecule has 0 saturated carbocycles. The summed E-state index contributed by atoms with van der Waals surface area (Å²) in [6.45, 7) is 18.9. The van der Waals surface area contributed by atoms with E-state index in [-0.39, 0.29) is 26.3 Å². The van der Waals surface area contributed by atoms with Crippen molar-refractivity contribution >= 4 is 69.1 Å². The Hall–Kier alpha value is -8.18. The number of aryl methyl sites for hydroxylation is 2. The third-order valence-corrected chi connectivity index (χ3v) is 17.3. The molecule has 0 aliphatic carbocycles. The molecule has 6 N–H and O–H groups in total. The number of cyclic esters (lactones) is 1. The number of rotatable bonds is 16. The van der Waals surface area contributed by atoms with Crippen LogP contribution in [0, 0.1) is 0 Å². The minimum atomic E-state index is -1.14. The fourth-order valence-electron chi connectivity index (χ4n) is 11.9. The normalized spacial score (nSPS) is 17.5. The van der Waals surface area contributed by atoms with Crippen molar-refractivity contribution in [2.45, 2.75) is 161 Å². The molecule has 90 heavy (non-hydrogen) atoms. The fraction of sp³-hybridized carbons (Fsp3) is 0.493.